The van der Waals surface area contributed by atoms with Gasteiger partial charge >= 0.3 is 5.92 Å². The molecule has 0 bridgehead atoms. The van der Waals surface area contributed by atoms with Crippen LogP contribution in [0.5, 0.6) is 0 Å². The molecule has 0 heterocycles. The van der Waals surface area contributed by atoms with Crippen LogP contribution in [-0.2, 0) is 10.7 Å². The molecule has 15 heavy (non-hydrogen) atoms. The molecule has 0 aliphatic heterocycles. The molecule has 1 aromatic carbocycles. The molecule has 1 amide bonds. The van der Waals surface area contributed by atoms with Gasteiger partial charge in [-0.3, -0.25) is 4.79 Å². The van der Waals surface area contributed by atoms with Crippen molar-refractivity contribution in [3.05, 3.63) is 35.9 Å². The molecule has 1 N–H and O–H groups in total. The molecular weight excluding hydrogens is 200 g/mol. The third kappa shape index (κ3) is 2.53. The third-order valence-electron chi connectivity index (χ3n) is 1.72. The van der Waals surface area contributed by atoms with Gasteiger partial charge in [0.1, 0.15) is 0 Å². The van der Waals surface area contributed by atoms with E-state index in [-0.39, 0.29) is 12.1 Å². The first-order chi connectivity index (χ1) is 7.09. The summed E-state index contributed by atoms with van der Waals surface area (Å²) in [5.41, 5.74) is -0.379. The monoisotopic (exact) mass is 208 g/mol. The van der Waals surface area contributed by atoms with Gasteiger partial charge in [0, 0.05) is 5.56 Å². The molecule has 0 aliphatic carbocycles. The van der Waals surface area contributed by atoms with E-state index in [2.05, 4.69) is 12.0 Å². The Hall–Kier alpha value is -1.89. The second kappa shape index (κ2) is 4.56. The van der Waals surface area contributed by atoms with Crippen molar-refractivity contribution in [2.75, 3.05) is 6.54 Å². The van der Waals surface area contributed by atoms with Crippen LogP contribution < -0.4 is 5.32 Å². The summed E-state index contributed by atoms with van der Waals surface area (Å²) < 4.78 is 26.8. The minimum Gasteiger partial charge on any atom is -0.340 e. The Labute approximate surface area is 86.3 Å². The van der Waals surface area contributed by atoms with Crippen molar-refractivity contribution >= 4 is 5.91 Å². The lowest BCUT2D eigenvalue weighted by Crippen LogP contribution is -2.38. The number of rotatable bonds is 3. The summed E-state index contributed by atoms with van der Waals surface area (Å²) in [5.74, 6) is -2.91. The predicted molar refractivity (Wildman–Crippen MR) is 51.0 cm³/mol. The van der Waals surface area contributed by atoms with Crippen molar-refractivity contribution in [2.45, 2.75) is 5.92 Å². The van der Waals surface area contributed by atoms with E-state index in [0.717, 1.165) is 12.1 Å². The van der Waals surface area contributed by atoms with Crippen LogP contribution >= 0.6 is 0 Å². The molecule has 1 radical (unpaired) electrons. The van der Waals surface area contributed by atoms with E-state index in [0.29, 0.717) is 0 Å². The Morgan fingerprint density at radius 3 is 2.67 bits per heavy atom. The molecule has 0 saturated carbocycles. The first-order valence-electron chi connectivity index (χ1n) is 4.15. The van der Waals surface area contributed by atoms with Crippen LogP contribution in [0.4, 0.5) is 8.78 Å². The highest BCUT2D eigenvalue weighted by Crippen LogP contribution is 2.27. The zero-order valence-electron chi connectivity index (χ0n) is 7.76. The lowest BCUT2D eigenvalue weighted by atomic mass is 10.1. The molecule has 0 aliphatic rings. The van der Waals surface area contributed by atoms with Crippen molar-refractivity contribution in [3.63, 3.8) is 0 Å². The van der Waals surface area contributed by atoms with Gasteiger partial charge in [-0.05, 0) is 6.07 Å². The summed E-state index contributed by atoms with van der Waals surface area (Å²) in [5, 5.41) is 1.94. The van der Waals surface area contributed by atoms with Crippen LogP contribution in [0.15, 0.2) is 24.3 Å². The van der Waals surface area contributed by atoms with Gasteiger partial charge in [-0.15, -0.1) is 6.42 Å². The van der Waals surface area contributed by atoms with E-state index in [9.17, 15) is 13.6 Å². The Morgan fingerprint density at radius 2 is 2.13 bits per heavy atom. The topological polar surface area (TPSA) is 29.1 Å². The van der Waals surface area contributed by atoms with E-state index in [4.69, 9.17) is 6.42 Å². The standard InChI is InChI=1S/C11H8F2NO/c1-2-8-14-10(15)11(12,13)9-6-4-3-5-7-9/h1,4-7H,8H2,(H,14,15). The average molecular weight is 208 g/mol. The van der Waals surface area contributed by atoms with Gasteiger partial charge in [-0.1, -0.05) is 30.2 Å². The molecule has 0 aromatic heterocycles. The van der Waals surface area contributed by atoms with E-state index < -0.39 is 11.8 Å². The smallest absolute Gasteiger partial charge is 0.340 e. The van der Waals surface area contributed by atoms with Gasteiger partial charge in [-0.25, -0.2) is 0 Å². The number of alkyl halides is 2. The van der Waals surface area contributed by atoms with E-state index in [1.54, 1.807) is 0 Å². The van der Waals surface area contributed by atoms with Gasteiger partial charge in [-0.2, -0.15) is 8.78 Å². The highest BCUT2D eigenvalue weighted by Gasteiger charge is 2.40. The fourth-order valence-electron chi connectivity index (χ4n) is 0.970. The Balaban J connectivity index is 2.84. The van der Waals surface area contributed by atoms with Crippen LogP contribution in [0.3, 0.4) is 0 Å². The average Bonchev–Trinajstić information content (AvgIpc) is 2.27. The largest absolute Gasteiger partial charge is 0.349 e. The maximum Gasteiger partial charge on any atom is 0.349 e. The van der Waals surface area contributed by atoms with Crippen LogP contribution in [0.1, 0.15) is 5.56 Å². The fourth-order valence-corrected chi connectivity index (χ4v) is 0.970. The molecule has 0 atom stereocenters. The van der Waals surface area contributed by atoms with Crippen molar-refractivity contribution in [1.29, 1.82) is 0 Å². The molecule has 4 heteroatoms. The van der Waals surface area contributed by atoms with Crippen molar-refractivity contribution < 1.29 is 13.6 Å². The first kappa shape index (κ1) is 11.2. The molecule has 2 nitrogen and oxygen atoms in total. The third-order valence-corrected chi connectivity index (χ3v) is 1.72. The highest BCUT2D eigenvalue weighted by molar-refractivity contribution is 5.84. The number of nitrogens with one attached hydrogen (secondary N) is 1. The molecule has 0 unspecified atom stereocenters. The Morgan fingerprint density at radius 1 is 1.53 bits per heavy atom. The SMILES string of the molecule is C#CCNC(=O)C(F)(F)c1cc[c]cc1. The number of carbonyl (C=O) groups is 1. The molecule has 0 saturated heterocycles. The number of benzene rings is 1. The minimum absolute atomic E-state index is 0.215. The van der Waals surface area contributed by atoms with Crippen LogP contribution in [0.25, 0.3) is 0 Å². The summed E-state index contributed by atoms with van der Waals surface area (Å²) in [6.45, 7) is -0.215. The van der Waals surface area contributed by atoms with Crippen LogP contribution in [0, 0.1) is 18.4 Å². The van der Waals surface area contributed by atoms with Crippen molar-refractivity contribution in [1.82, 2.24) is 5.32 Å². The van der Waals surface area contributed by atoms with E-state index >= 15 is 0 Å². The summed E-state index contributed by atoms with van der Waals surface area (Å²) in [4.78, 5) is 11.1. The van der Waals surface area contributed by atoms with Gasteiger partial charge in [0.15, 0.2) is 0 Å². The van der Waals surface area contributed by atoms with Gasteiger partial charge < -0.3 is 5.32 Å². The zero-order chi connectivity index (χ0) is 11.3. The Kier molecular flexibility index (Phi) is 3.40. The van der Waals surface area contributed by atoms with Crippen LogP contribution in [0.2, 0.25) is 0 Å². The summed E-state index contributed by atoms with van der Waals surface area (Å²) >= 11 is 0. The van der Waals surface area contributed by atoms with Gasteiger partial charge in [0.2, 0.25) is 0 Å². The molecular formula is C11H8F2NO. The fraction of sp³-hybridized carbons (Fsp3) is 0.182. The maximum absolute atomic E-state index is 13.4. The lowest BCUT2D eigenvalue weighted by molar-refractivity contribution is -0.146. The van der Waals surface area contributed by atoms with Gasteiger partial charge in [0.25, 0.3) is 5.91 Å². The van der Waals surface area contributed by atoms with Crippen LogP contribution in [-0.4, -0.2) is 12.5 Å². The quantitative estimate of drug-likeness (QED) is 0.746. The predicted octanol–water partition coefficient (Wildman–Crippen LogP) is 1.33. The van der Waals surface area contributed by atoms with E-state index in [1.807, 2.05) is 5.32 Å². The molecule has 1 rings (SSSR count). The normalized spacial score (nSPS) is 10.5. The maximum atomic E-state index is 13.4. The highest BCUT2D eigenvalue weighted by atomic mass is 19.3. The molecule has 1 aromatic rings. The van der Waals surface area contributed by atoms with Gasteiger partial charge in [0.05, 0.1) is 6.54 Å². The second-order valence-corrected chi connectivity index (χ2v) is 2.75. The molecule has 0 fully saturated rings. The number of hydrogen-bond donors (Lipinski definition) is 1. The summed E-state index contributed by atoms with van der Waals surface area (Å²) in [7, 11) is 0. The molecule has 0 spiro atoms. The number of terminal acetylenes is 1. The van der Waals surface area contributed by atoms with Crippen molar-refractivity contribution in [3.8, 4) is 12.3 Å². The first-order valence-corrected chi connectivity index (χ1v) is 4.15. The van der Waals surface area contributed by atoms with Crippen molar-refractivity contribution in [2.24, 2.45) is 0 Å². The second-order valence-electron chi connectivity index (χ2n) is 2.75. The number of hydrogen-bond acceptors (Lipinski definition) is 1. The van der Waals surface area contributed by atoms with E-state index in [1.165, 1.54) is 12.1 Å². The zero-order valence-corrected chi connectivity index (χ0v) is 7.76. The summed E-state index contributed by atoms with van der Waals surface area (Å²) in [6.07, 6.45) is 4.84. The number of halogens is 2. The molecule has 77 valence electrons. The summed E-state index contributed by atoms with van der Waals surface area (Å²) in [6, 6.07) is 7.49. The minimum atomic E-state index is -3.56. The Bertz CT molecular complexity index is 381. The lowest BCUT2D eigenvalue weighted by Gasteiger charge is -2.14. The number of amides is 1. The number of carbonyl (C=O) groups excluding carboxylic acids is 1.